The number of fused-ring (bicyclic) bond motifs is 1. The van der Waals surface area contributed by atoms with Crippen LogP contribution in [0.1, 0.15) is 6.42 Å². The summed E-state index contributed by atoms with van der Waals surface area (Å²) in [4.78, 5) is 0. The molecule has 0 amide bonds. The molecular formula is C9H13BO4. The van der Waals surface area contributed by atoms with Crippen LogP contribution in [0.3, 0.4) is 0 Å². The van der Waals surface area contributed by atoms with E-state index in [0.29, 0.717) is 13.0 Å². The SMILES string of the molecule is [B]C1OC2COCO[C@H]2[C@]1(O)CC=C. The van der Waals surface area contributed by atoms with Crippen LogP contribution in [0.15, 0.2) is 12.7 Å². The van der Waals surface area contributed by atoms with E-state index in [-0.39, 0.29) is 12.9 Å². The van der Waals surface area contributed by atoms with Gasteiger partial charge < -0.3 is 19.3 Å². The molecule has 2 saturated heterocycles. The van der Waals surface area contributed by atoms with Crippen molar-refractivity contribution in [2.24, 2.45) is 0 Å². The third-order valence-corrected chi connectivity index (χ3v) is 2.73. The molecule has 0 aromatic heterocycles. The van der Waals surface area contributed by atoms with Crippen LogP contribution in [-0.2, 0) is 14.2 Å². The molecule has 4 nitrogen and oxygen atoms in total. The summed E-state index contributed by atoms with van der Waals surface area (Å²) < 4.78 is 15.7. The molecule has 2 aliphatic rings. The quantitative estimate of drug-likeness (QED) is 0.480. The van der Waals surface area contributed by atoms with Gasteiger partial charge in [-0.15, -0.1) is 6.58 Å². The molecule has 0 aliphatic carbocycles. The van der Waals surface area contributed by atoms with Gasteiger partial charge in [0, 0.05) is 6.00 Å². The zero-order valence-electron chi connectivity index (χ0n) is 7.89. The van der Waals surface area contributed by atoms with Crippen LogP contribution < -0.4 is 0 Å². The average Bonchev–Trinajstić information content (AvgIpc) is 2.41. The third kappa shape index (κ3) is 1.41. The van der Waals surface area contributed by atoms with Gasteiger partial charge in [0.05, 0.1) is 6.61 Å². The lowest BCUT2D eigenvalue weighted by molar-refractivity contribution is -0.202. The van der Waals surface area contributed by atoms with Crippen molar-refractivity contribution < 1.29 is 19.3 Å². The summed E-state index contributed by atoms with van der Waals surface area (Å²) in [5.41, 5.74) is -1.17. The van der Waals surface area contributed by atoms with E-state index in [2.05, 4.69) is 6.58 Å². The highest BCUT2D eigenvalue weighted by atomic mass is 16.7. The first-order valence-electron chi connectivity index (χ1n) is 4.62. The lowest BCUT2D eigenvalue weighted by Crippen LogP contribution is -2.51. The number of aliphatic hydroxyl groups is 1. The van der Waals surface area contributed by atoms with Gasteiger partial charge in [0.15, 0.2) is 0 Å². The fraction of sp³-hybridized carbons (Fsp3) is 0.778. The summed E-state index contributed by atoms with van der Waals surface area (Å²) in [6, 6.07) is -0.739. The van der Waals surface area contributed by atoms with Gasteiger partial charge in [0.1, 0.15) is 32.4 Å². The molecule has 2 radical (unpaired) electrons. The van der Waals surface area contributed by atoms with Crippen LogP contribution in [0.5, 0.6) is 0 Å². The highest BCUT2D eigenvalue weighted by molar-refractivity contribution is 6.12. The Kier molecular flexibility index (Phi) is 2.66. The molecule has 2 rings (SSSR count). The highest BCUT2D eigenvalue weighted by Crippen LogP contribution is 2.36. The monoisotopic (exact) mass is 196 g/mol. The molecule has 0 bridgehead atoms. The van der Waals surface area contributed by atoms with E-state index in [1.807, 2.05) is 0 Å². The van der Waals surface area contributed by atoms with E-state index in [0.717, 1.165) is 0 Å². The van der Waals surface area contributed by atoms with Crippen molar-refractivity contribution in [3.8, 4) is 0 Å². The minimum absolute atomic E-state index is 0.177. The fourth-order valence-corrected chi connectivity index (χ4v) is 1.99. The van der Waals surface area contributed by atoms with Crippen LogP contribution in [0.25, 0.3) is 0 Å². The molecule has 2 aliphatic heterocycles. The van der Waals surface area contributed by atoms with Gasteiger partial charge in [0.2, 0.25) is 0 Å². The van der Waals surface area contributed by atoms with Gasteiger partial charge in [-0.1, -0.05) is 6.08 Å². The largest absolute Gasteiger partial charge is 0.385 e. The summed E-state index contributed by atoms with van der Waals surface area (Å²) in [5, 5.41) is 10.3. The van der Waals surface area contributed by atoms with E-state index in [1.54, 1.807) is 6.08 Å². The number of ether oxygens (including phenoxy) is 3. The smallest absolute Gasteiger partial charge is 0.147 e. The van der Waals surface area contributed by atoms with Gasteiger partial charge in [-0.25, -0.2) is 0 Å². The van der Waals surface area contributed by atoms with Crippen LogP contribution >= 0.6 is 0 Å². The zero-order chi connectivity index (χ0) is 10.2. The summed E-state index contributed by atoms with van der Waals surface area (Å²) in [6.45, 7) is 4.18. The number of hydrogen-bond donors (Lipinski definition) is 1. The van der Waals surface area contributed by atoms with Crippen molar-refractivity contribution in [1.29, 1.82) is 0 Å². The molecule has 0 aromatic rings. The first-order chi connectivity index (χ1) is 6.68. The van der Waals surface area contributed by atoms with Crippen LogP contribution in [-0.4, -0.2) is 50.2 Å². The molecule has 2 unspecified atom stereocenters. The van der Waals surface area contributed by atoms with E-state index in [1.165, 1.54) is 0 Å². The van der Waals surface area contributed by atoms with Gasteiger partial charge in [-0.3, -0.25) is 0 Å². The van der Waals surface area contributed by atoms with Crippen molar-refractivity contribution in [3.05, 3.63) is 12.7 Å². The Labute approximate surface area is 84.2 Å². The molecule has 2 heterocycles. The second-order valence-corrected chi connectivity index (χ2v) is 3.66. The molecule has 1 N–H and O–H groups in total. The Morgan fingerprint density at radius 3 is 3.14 bits per heavy atom. The average molecular weight is 196 g/mol. The minimum Gasteiger partial charge on any atom is -0.385 e. The molecule has 14 heavy (non-hydrogen) atoms. The molecule has 0 saturated carbocycles. The topological polar surface area (TPSA) is 47.9 Å². The lowest BCUT2D eigenvalue weighted by Gasteiger charge is -2.34. The molecule has 4 atom stereocenters. The van der Waals surface area contributed by atoms with E-state index in [4.69, 9.17) is 22.1 Å². The second kappa shape index (κ2) is 3.66. The second-order valence-electron chi connectivity index (χ2n) is 3.66. The zero-order valence-corrected chi connectivity index (χ0v) is 7.89. The van der Waals surface area contributed by atoms with Gasteiger partial charge in [-0.2, -0.15) is 0 Å². The Balaban J connectivity index is 2.18. The highest BCUT2D eigenvalue weighted by Gasteiger charge is 2.54. The molecule has 2 fully saturated rings. The Morgan fingerprint density at radius 1 is 1.64 bits per heavy atom. The normalized spacial score (nSPS) is 47.4. The van der Waals surface area contributed by atoms with E-state index in [9.17, 15) is 5.11 Å². The number of rotatable bonds is 2. The molecule has 5 heteroatoms. The molecule has 76 valence electrons. The molecule has 0 spiro atoms. The van der Waals surface area contributed by atoms with Crippen LogP contribution in [0.4, 0.5) is 0 Å². The van der Waals surface area contributed by atoms with Crippen LogP contribution in [0.2, 0.25) is 0 Å². The predicted molar refractivity (Wildman–Crippen MR) is 49.9 cm³/mol. The van der Waals surface area contributed by atoms with E-state index >= 15 is 0 Å². The maximum Gasteiger partial charge on any atom is 0.147 e. The Bertz CT molecular complexity index is 235. The maximum atomic E-state index is 10.3. The van der Waals surface area contributed by atoms with Gasteiger partial charge in [0.25, 0.3) is 0 Å². The Morgan fingerprint density at radius 2 is 2.43 bits per heavy atom. The maximum absolute atomic E-state index is 10.3. The summed E-state index contributed by atoms with van der Waals surface area (Å²) in [7, 11) is 5.70. The lowest BCUT2D eigenvalue weighted by atomic mass is 9.78. The molecular weight excluding hydrogens is 183 g/mol. The number of hydrogen-bond acceptors (Lipinski definition) is 4. The summed E-state index contributed by atoms with van der Waals surface area (Å²) >= 11 is 0. The van der Waals surface area contributed by atoms with Crippen molar-refractivity contribution in [2.45, 2.75) is 30.2 Å². The molecule has 0 aromatic carbocycles. The standard InChI is InChI=1S/C9H13BO4/c1-2-3-9(11)7-6(14-8(9)10)4-12-5-13-7/h2,6-8,11H,1,3-5H2/t6?,7-,8?,9-/m1/s1. The van der Waals surface area contributed by atoms with Gasteiger partial charge >= 0.3 is 0 Å². The predicted octanol–water partition coefficient (Wildman–Crippen LogP) is -0.440. The Hall–Kier alpha value is -0.355. The first-order valence-corrected chi connectivity index (χ1v) is 4.62. The van der Waals surface area contributed by atoms with E-state index < -0.39 is 17.7 Å². The third-order valence-electron chi connectivity index (χ3n) is 2.73. The summed E-state index contributed by atoms with van der Waals surface area (Å²) in [5.74, 6) is 0. The van der Waals surface area contributed by atoms with Crippen LogP contribution in [0, 0.1) is 0 Å². The van der Waals surface area contributed by atoms with Crippen molar-refractivity contribution in [2.75, 3.05) is 13.4 Å². The fourth-order valence-electron chi connectivity index (χ4n) is 1.99. The van der Waals surface area contributed by atoms with Crippen molar-refractivity contribution in [3.63, 3.8) is 0 Å². The van der Waals surface area contributed by atoms with Crippen molar-refractivity contribution in [1.82, 2.24) is 0 Å². The van der Waals surface area contributed by atoms with Crippen molar-refractivity contribution >= 4 is 7.85 Å². The minimum atomic E-state index is -1.17. The van der Waals surface area contributed by atoms with Gasteiger partial charge in [-0.05, 0) is 6.42 Å². The summed E-state index contributed by atoms with van der Waals surface area (Å²) in [6.07, 6.45) is 1.28. The first kappa shape index (κ1) is 10.2.